The fraction of sp³-hybridized carbons (Fsp3) is 0.143. The monoisotopic (exact) mass is 420 g/mol. The fourth-order valence-corrected chi connectivity index (χ4v) is 2.50. The van der Waals surface area contributed by atoms with Crippen LogP contribution in [-0.4, -0.2) is 9.85 Å². The summed E-state index contributed by atoms with van der Waals surface area (Å²) >= 11 is 14.4. The van der Waals surface area contributed by atoms with E-state index in [0.717, 1.165) is 11.1 Å². The van der Waals surface area contributed by atoms with E-state index in [1.165, 1.54) is 24.3 Å². The maximum atomic E-state index is 10.4. The molecule has 0 aliphatic heterocycles. The molecular formula is C14H11BrCl2N2O4. The Bertz CT molecular complexity index is 720. The molecule has 2 rings (SSSR count). The highest BCUT2D eigenvalue weighted by Crippen LogP contribution is 2.22. The van der Waals surface area contributed by atoms with Crippen molar-refractivity contribution >= 4 is 50.5 Å². The van der Waals surface area contributed by atoms with E-state index in [2.05, 4.69) is 15.9 Å². The van der Waals surface area contributed by atoms with Gasteiger partial charge in [-0.1, -0.05) is 39.1 Å². The molecule has 6 nitrogen and oxygen atoms in total. The van der Waals surface area contributed by atoms with Crippen LogP contribution in [0.5, 0.6) is 0 Å². The predicted octanol–water partition coefficient (Wildman–Crippen LogP) is 5.70. The summed E-state index contributed by atoms with van der Waals surface area (Å²) in [6.45, 7) is 1.76. The zero-order valence-corrected chi connectivity index (χ0v) is 14.9. The highest BCUT2D eigenvalue weighted by Gasteiger charge is 2.07. The Morgan fingerprint density at radius 2 is 1.39 bits per heavy atom. The van der Waals surface area contributed by atoms with Crippen LogP contribution in [0.25, 0.3) is 0 Å². The maximum absolute atomic E-state index is 10.4. The lowest BCUT2D eigenvalue weighted by Gasteiger charge is -1.96. The average Bonchev–Trinajstić information content (AvgIpc) is 2.46. The van der Waals surface area contributed by atoms with E-state index in [1.807, 2.05) is 0 Å². The Labute approximate surface area is 150 Å². The Balaban J connectivity index is 0.000000231. The number of alkyl halides is 1. The number of nitro groups is 2. The molecule has 0 radical (unpaired) electrons. The van der Waals surface area contributed by atoms with Crippen LogP contribution in [-0.2, 0) is 5.33 Å². The van der Waals surface area contributed by atoms with Crippen LogP contribution < -0.4 is 0 Å². The van der Waals surface area contributed by atoms with Gasteiger partial charge in [-0.25, -0.2) is 0 Å². The summed E-state index contributed by atoms with van der Waals surface area (Å²) in [5.74, 6) is 0. The van der Waals surface area contributed by atoms with Gasteiger partial charge in [0.15, 0.2) is 0 Å². The summed E-state index contributed by atoms with van der Waals surface area (Å²) in [6, 6.07) is 8.98. The largest absolute Gasteiger partial charge is 0.271 e. The van der Waals surface area contributed by atoms with Crippen LogP contribution in [0.3, 0.4) is 0 Å². The van der Waals surface area contributed by atoms with Crippen LogP contribution in [0.15, 0.2) is 36.4 Å². The van der Waals surface area contributed by atoms with Crippen molar-refractivity contribution in [3.63, 3.8) is 0 Å². The highest BCUT2D eigenvalue weighted by molar-refractivity contribution is 9.08. The standard InChI is InChI=1S/C7H5BrClNO2.C7H6ClNO2/c8-4-5-1-6(9)3-7(2-5)10(11)12;1-5-2-6(8)4-7(3-5)9(10)11/h1-3H,4H2;2-4H,1H3. The van der Waals surface area contributed by atoms with Crippen molar-refractivity contribution in [1.29, 1.82) is 0 Å². The molecule has 0 atom stereocenters. The second-order valence-corrected chi connectivity index (χ2v) is 5.89. The Morgan fingerprint density at radius 1 is 0.913 bits per heavy atom. The molecule has 0 aliphatic rings. The van der Waals surface area contributed by atoms with Crippen molar-refractivity contribution in [3.8, 4) is 0 Å². The minimum Gasteiger partial charge on any atom is -0.258 e. The molecule has 0 heterocycles. The molecule has 0 fully saturated rings. The number of hydrogen-bond acceptors (Lipinski definition) is 4. The SMILES string of the molecule is Cc1cc(Cl)cc([N+](=O)[O-])c1.O=[N+]([O-])c1cc(Cl)cc(CBr)c1. The molecule has 0 bridgehead atoms. The minimum absolute atomic E-state index is 0.0250. The van der Waals surface area contributed by atoms with E-state index in [4.69, 9.17) is 23.2 Å². The van der Waals surface area contributed by atoms with Gasteiger partial charge in [-0.15, -0.1) is 0 Å². The summed E-state index contributed by atoms with van der Waals surface area (Å²) in [6.07, 6.45) is 0. The third kappa shape index (κ3) is 6.52. The second kappa shape index (κ2) is 8.81. The molecule has 0 unspecified atom stereocenters. The number of benzene rings is 2. The molecule has 0 amide bonds. The normalized spacial score (nSPS) is 9.74. The Hall–Kier alpha value is -1.70. The average molecular weight is 422 g/mol. The van der Waals surface area contributed by atoms with Crippen molar-refractivity contribution in [2.24, 2.45) is 0 Å². The maximum Gasteiger partial charge on any atom is 0.271 e. The summed E-state index contributed by atoms with van der Waals surface area (Å²) in [7, 11) is 0. The van der Waals surface area contributed by atoms with Gasteiger partial charge in [-0.3, -0.25) is 20.2 Å². The summed E-state index contributed by atoms with van der Waals surface area (Å²) < 4.78 is 0. The topological polar surface area (TPSA) is 86.3 Å². The van der Waals surface area contributed by atoms with Gasteiger partial charge in [0.1, 0.15) is 0 Å². The number of nitro benzene ring substituents is 2. The summed E-state index contributed by atoms with van der Waals surface area (Å²) in [4.78, 5) is 19.7. The van der Waals surface area contributed by atoms with Gasteiger partial charge >= 0.3 is 0 Å². The van der Waals surface area contributed by atoms with E-state index in [9.17, 15) is 20.2 Å². The van der Waals surface area contributed by atoms with E-state index < -0.39 is 9.85 Å². The quantitative estimate of drug-likeness (QED) is 0.361. The first-order chi connectivity index (χ1) is 10.7. The molecule has 2 aromatic rings. The number of halogens is 3. The lowest BCUT2D eigenvalue weighted by Crippen LogP contribution is -1.89. The van der Waals surface area contributed by atoms with Crippen molar-refractivity contribution < 1.29 is 9.85 Å². The van der Waals surface area contributed by atoms with Gasteiger partial charge in [0.05, 0.1) is 9.85 Å². The number of rotatable bonds is 3. The van der Waals surface area contributed by atoms with E-state index in [-0.39, 0.29) is 11.4 Å². The minimum atomic E-state index is -0.460. The lowest BCUT2D eigenvalue weighted by molar-refractivity contribution is -0.385. The number of nitrogens with zero attached hydrogens (tertiary/aromatic N) is 2. The zero-order chi connectivity index (χ0) is 17.6. The third-order valence-electron chi connectivity index (χ3n) is 2.55. The molecular weight excluding hydrogens is 411 g/mol. The molecule has 0 spiro atoms. The van der Waals surface area contributed by atoms with Crippen molar-refractivity contribution in [2.75, 3.05) is 0 Å². The number of hydrogen-bond donors (Lipinski definition) is 0. The molecule has 0 aliphatic carbocycles. The Morgan fingerprint density at radius 3 is 1.83 bits per heavy atom. The van der Waals surface area contributed by atoms with Gasteiger partial charge < -0.3 is 0 Å². The lowest BCUT2D eigenvalue weighted by atomic mass is 10.2. The fourth-order valence-electron chi connectivity index (χ4n) is 1.64. The molecule has 0 aromatic heterocycles. The molecule has 0 saturated heterocycles. The smallest absolute Gasteiger partial charge is 0.258 e. The van der Waals surface area contributed by atoms with Gasteiger partial charge in [0.25, 0.3) is 11.4 Å². The Kier molecular flexibility index (Phi) is 7.41. The van der Waals surface area contributed by atoms with Gasteiger partial charge in [-0.2, -0.15) is 0 Å². The zero-order valence-electron chi connectivity index (χ0n) is 11.8. The third-order valence-corrected chi connectivity index (χ3v) is 3.63. The highest BCUT2D eigenvalue weighted by atomic mass is 79.9. The van der Waals surface area contributed by atoms with Crippen molar-refractivity contribution in [3.05, 3.63) is 77.8 Å². The van der Waals surface area contributed by atoms with E-state index in [0.29, 0.717) is 15.4 Å². The van der Waals surface area contributed by atoms with E-state index in [1.54, 1.807) is 19.1 Å². The van der Waals surface area contributed by atoms with Crippen molar-refractivity contribution in [1.82, 2.24) is 0 Å². The van der Waals surface area contributed by atoms with Crippen LogP contribution in [0.1, 0.15) is 11.1 Å². The molecule has 0 N–H and O–H groups in total. The first-order valence-corrected chi connectivity index (χ1v) is 8.02. The van der Waals surface area contributed by atoms with Crippen LogP contribution in [0.4, 0.5) is 11.4 Å². The van der Waals surface area contributed by atoms with E-state index >= 15 is 0 Å². The number of non-ortho nitro benzene ring substituents is 2. The van der Waals surface area contributed by atoms with Crippen LogP contribution in [0.2, 0.25) is 10.0 Å². The molecule has 9 heteroatoms. The predicted molar refractivity (Wildman–Crippen MR) is 93.6 cm³/mol. The van der Waals surface area contributed by atoms with Crippen LogP contribution in [0, 0.1) is 27.2 Å². The van der Waals surface area contributed by atoms with Gasteiger partial charge in [0, 0.05) is 39.6 Å². The van der Waals surface area contributed by atoms with Gasteiger partial charge in [-0.05, 0) is 30.2 Å². The van der Waals surface area contributed by atoms with Gasteiger partial charge in [0.2, 0.25) is 0 Å². The molecule has 0 saturated carbocycles. The first-order valence-electron chi connectivity index (χ1n) is 6.14. The summed E-state index contributed by atoms with van der Waals surface area (Å²) in [5.41, 5.74) is 1.66. The molecule has 122 valence electrons. The van der Waals surface area contributed by atoms with Crippen LogP contribution >= 0.6 is 39.1 Å². The second-order valence-electron chi connectivity index (χ2n) is 4.45. The first kappa shape index (κ1) is 19.3. The number of aryl methyl sites for hydroxylation is 1. The molecule has 2 aromatic carbocycles. The van der Waals surface area contributed by atoms with Crippen molar-refractivity contribution in [2.45, 2.75) is 12.3 Å². The molecule has 23 heavy (non-hydrogen) atoms. The summed E-state index contributed by atoms with van der Waals surface area (Å²) in [5, 5.41) is 22.0.